The molecule has 2 heterocycles. The second-order valence-corrected chi connectivity index (χ2v) is 6.91. The van der Waals surface area contributed by atoms with Gasteiger partial charge >= 0.3 is 0 Å². The first-order chi connectivity index (χ1) is 12.0. The Kier molecular flexibility index (Phi) is 5.39. The number of aromatic nitrogens is 1. The number of allylic oxidation sites excluding steroid dienone is 1. The first kappa shape index (κ1) is 17.5. The number of nitrogens with zero attached hydrogens (tertiary/aromatic N) is 1. The maximum Gasteiger partial charge on any atom is 0.243 e. The lowest BCUT2D eigenvalue weighted by molar-refractivity contribution is -0.116. The predicted molar refractivity (Wildman–Crippen MR) is 99.8 cm³/mol. The molecule has 0 aliphatic carbocycles. The highest BCUT2D eigenvalue weighted by Crippen LogP contribution is 2.40. The van der Waals surface area contributed by atoms with Crippen molar-refractivity contribution in [2.45, 2.75) is 26.4 Å². The molecule has 0 saturated heterocycles. The number of hydrogen-bond donors (Lipinski definition) is 1. The molecule has 1 amide bonds. The third-order valence-electron chi connectivity index (χ3n) is 3.99. The van der Waals surface area contributed by atoms with Crippen molar-refractivity contribution in [1.29, 1.82) is 0 Å². The lowest BCUT2D eigenvalue weighted by Crippen LogP contribution is -2.33. The molecule has 0 bridgehead atoms. The van der Waals surface area contributed by atoms with Crippen LogP contribution in [0.25, 0.3) is 11.1 Å². The minimum atomic E-state index is -0.0966. The van der Waals surface area contributed by atoms with Gasteiger partial charge in [0.05, 0.1) is 6.54 Å². The van der Waals surface area contributed by atoms with Gasteiger partial charge in [-0.25, -0.2) is 0 Å². The van der Waals surface area contributed by atoms with Crippen LogP contribution in [-0.4, -0.2) is 23.5 Å². The number of hydrogen-bond acceptors (Lipinski definition) is 3. The number of ether oxygens (including phenoxy) is 1. The first-order valence-electron chi connectivity index (χ1n) is 8.38. The molecule has 1 N–H and O–H groups in total. The van der Waals surface area contributed by atoms with Crippen molar-refractivity contribution >= 4 is 17.5 Å². The van der Waals surface area contributed by atoms with E-state index in [4.69, 9.17) is 16.3 Å². The van der Waals surface area contributed by atoms with Gasteiger partial charge in [0.2, 0.25) is 5.91 Å². The zero-order valence-corrected chi connectivity index (χ0v) is 15.1. The van der Waals surface area contributed by atoms with Crippen LogP contribution >= 0.6 is 11.6 Å². The van der Waals surface area contributed by atoms with E-state index in [9.17, 15) is 4.79 Å². The molecular formula is C20H21ClN2O2. The summed E-state index contributed by atoms with van der Waals surface area (Å²) in [6, 6.07) is 7.70. The smallest absolute Gasteiger partial charge is 0.243 e. The fraction of sp³-hybridized carbons (Fsp3) is 0.300. The molecule has 1 aliphatic heterocycles. The van der Waals surface area contributed by atoms with Crippen LogP contribution in [0, 0.1) is 5.92 Å². The molecule has 5 heteroatoms. The Morgan fingerprint density at radius 3 is 2.88 bits per heavy atom. The van der Waals surface area contributed by atoms with Gasteiger partial charge in [0.25, 0.3) is 0 Å². The highest BCUT2D eigenvalue weighted by Gasteiger charge is 2.26. The molecule has 2 aromatic rings. The number of rotatable bonds is 5. The molecule has 25 heavy (non-hydrogen) atoms. The summed E-state index contributed by atoms with van der Waals surface area (Å²) >= 11 is 6.27. The van der Waals surface area contributed by atoms with Gasteiger partial charge in [-0.3, -0.25) is 9.78 Å². The van der Waals surface area contributed by atoms with Crippen LogP contribution in [0.4, 0.5) is 0 Å². The SMILES string of the molecule is CC(C)/C=C/C(=O)NCC1Cc2cc(Cl)cc(-c3ccncc3)c2O1. The maximum atomic E-state index is 11.8. The summed E-state index contributed by atoms with van der Waals surface area (Å²) in [6.07, 6.45) is 7.58. The van der Waals surface area contributed by atoms with Crippen LogP contribution in [0.3, 0.4) is 0 Å². The molecule has 0 saturated carbocycles. The minimum absolute atomic E-state index is 0.0922. The summed E-state index contributed by atoms with van der Waals surface area (Å²) in [6.45, 7) is 4.53. The van der Waals surface area contributed by atoms with E-state index >= 15 is 0 Å². The molecule has 1 aliphatic rings. The Balaban J connectivity index is 1.72. The van der Waals surface area contributed by atoms with Gasteiger partial charge in [-0.15, -0.1) is 0 Å². The predicted octanol–water partition coefficient (Wildman–Crippen LogP) is 4.03. The summed E-state index contributed by atoms with van der Waals surface area (Å²) < 4.78 is 6.11. The van der Waals surface area contributed by atoms with E-state index in [1.54, 1.807) is 18.5 Å². The van der Waals surface area contributed by atoms with Crippen molar-refractivity contribution < 1.29 is 9.53 Å². The Hall–Kier alpha value is -2.33. The van der Waals surface area contributed by atoms with Gasteiger partial charge in [0.15, 0.2) is 0 Å². The van der Waals surface area contributed by atoms with Crippen molar-refractivity contribution in [3.05, 3.63) is 59.4 Å². The van der Waals surface area contributed by atoms with E-state index in [1.165, 1.54) is 0 Å². The van der Waals surface area contributed by atoms with E-state index in [2.05, 4.69) is 10.3 Å². The summed E-state index contributed by atoms with van der Waals surface area (Å²) in [7, 11) is 0. The van der Waals surface area contributed by atoms with Gasteiger partial charge in [-0.1, -0.05) is 31.5 Å². The highest BCUT2D eigenvalue weighted by molar-refractivity contribution is 6.31. The third kappa shape index (κ3) is 4.40. The average Bonchev–Trinajstić information content (AvgIpc) is 3.00. The topological polar surface area (TPSA) is 51.2 Å². The monoisotopic (exact) mass is 356 g/mol. The third-order valence-corrected chi connectivity index (χ3v) is 4.21. The number of fused-ring (bicyclic) bond motifs is 1. The van der Waals surface area contributed by atoms with Crippen LogP contribution in [-0.2, 0) is 11.2 Å². The number of pyridine rings is 1. The number of amides is 1. The zero-order valence-electron chi connectivity index (χ0n) is 14.3. The fourth-order valence-electron chi connectivity index (χ4n) is 2.81. The van der Waals surface area contributed by atoms with Gasteiger partial charge in [-0.2, -0.15) is 0 Å². The molecule has 1 unspecified atom stereocenters. The van der Waals surface area contributed by atoms with Gasteiger partial charge < -0.3 is 10.1 Å². The summed E-state index contributed by atoms with van der Waals surface area (Å²) in [4.78, 5) is 15.9. The molecule has 4 nitrogen and oxygen atoms in total. The number of carbonyl (C=O) groups is 1. The van der Waals surface area contributed by atoms with Crippen molar-refractivity contribution in [2.24, 2.45) is 5.92 Å². The standard InChI is InChI=1S/C20H21ClN2O2/c1-13(2)3-4-19(24)23-12-17-10-15-9-16(21)11-18(20(15)25-17)14-5-7-22-8-6-14/h3-9,11,13,17H,10,12H2,1-2H3,(H,23,24)/b4-3+. The number of carbonyl (C=O) groups excluding carboxylic acids is 1. The molecule has 130 valence electrons. The molecule has 3 rings (SSSR count). The number of halogens is 1. The Bertz CT molecular complexity index is 788. The van der Waals surface area contributed by atoms with Gasteiger partial charge in [0.1, 0.15) is 11.9 Å². The van der Waals surface area contributed by atoms with Crippen molar-refractivity contribution in [1.82, 2.24) is 10.3 Å². The first-order valence-corrected chi connectivity index (χ1v) is 8.76. The van der Waals surface area contributed by atoms with Crippen molar-refractivity contribution in [3.63, 3.8) is 0 Å². The van der Waals surface area contributed by atoms with Crippen LogP contribution in [0.5, 0.6) is 5.75 Å². The van der Waals surface area contributed by atoms with Crippen molar-refractivity contribution in [2.75, 3.05) is 6.54 Å². The number of nitrogens with one attached hydrogen (secondary N) is 1. The largest absolute Gasteiger partial charge is 0.487 e. The average molecular weight is 357 g/mol. The Morgan fingerprint density at radius 1 is 1.40 bits per heavy atom. The molecule has 1 atom stereocenters. The zero-order chi connectivity index (χ0) is 17.8. The molecule has 1 aromatic carbocycles. The fourth-order valence-corrected chi connectivity index (χ4v) is 3.05. The molecule has 0 spiro atoms. The van der Waals surface area contributed by atoms with Crippen LogP contribution in [0.2, 0.25) is 5.02 Å². The summed E-state index contributed by atoms with van der Waals surface area (Å²) in [5.74, 6) is 1.09. The summed E-state index contributed by atoms with van der Waals surface area (Å²) in [5.41, 5.74) is 3.04. The lowest BCUT2D eigenvalue weighted by atomic mass is 10.0. The second kappa shape index (κ2) is 7.70. The molecule has 0 fully saturated rings. The quantitative estimate of drug-likeness (QED) is 0.823. The second-order valence-electron chi connectivity index (χ2n) is 6.47. The Labute approximate surface area is 152 Å². The molecule has 1 aromatic heterocycles. The Morgan fingerprint density at radius 2 is 2.16 bits per heavy atom. The van der Waals surface area contributed by atoms with Crippen molar-refractivity contribution in [3.8, 4) is 16.9 Å². The normalized spacial score (nSPS) is 16.1. The van der Waals surface area contributed by atoms with Gasteiger partial charge in [0, 0.05) is 35.0 Å². The van der Waals surface area contributed by atoms with E-state index in [0.717, 1.165) is 28.9 Å². The van der Waals surface area contributed by atoms with E-state index in [1.807, 2.05) is 44.2 Å². The van der Waals surface area contributed by atoms with E-state index in [0.29, 0.717) is 17.5 Å². The molecule has 0 radical (unpaired) electrons. The maximum absolute atomic E-state index is 11.8. The van der Waals surface area contributed by atoms with Crippen LogP contribution in [0.15, 0.2) is 48.8 Å². The van der Waals surface area contributed by atoms with E-state index in [-0.39, 0.29) is 12.0 Å². The minimum Gasteiger partial charge on any atom is -0.487 e. The number of benzene rings is 1. The highest BCUT2D eigenvalue weighted by atomic mass is 35.5. The van der Waals surface area contributed by atoms with Gasteiger partial charge in [-0.05, 0) is 41.8 Å². The summed E-state index contributed by atoms with van der Waals surface area (Å²) in [5, 5.41) is 3.57. The van der Waals surface area contributed by atoms with Crippen LogP contribution < -0.4 is 10.1 Å². The van der Waals surface area contributed by atoms with E-state index < -0.39 is 0 Å². The van der Waals surface area contributed by atoms with Crippen LogP contribution in [0.1, 0.15) is 19.4 Å². The lowest BCUT2D eigenvalue weighted by Gasteiger charge is -2.13. The molecular weight excluding hydrogens is 336 g/mol.